The van der Waals surface area contributed by atoms with Crippen LogP contribution in [0.5, 0.6) is 0 Å². The van der Waals surface area contributed by atoms with Crippen LogP contribution < -0.4 is 0 Å². The van der Waals surface area contributed by atoms with Crippen molar-refractivity contribution in [3.63, 3.8) is 0 Å². The zero-order chi connectivity index (χ0) is 18.3. The number of aryl methyl sites for hydroxylation is 2. The lowest BCUT2D eigenvalue weighted by atomic mass is 9.88. The molecule has 5 heteroatoms. The number of carbonyl (C=O) groups excluding carboxylic acids is 1. The molecule has 2 aliphatic rings. The summed E-state index contributed by atoms with van der Waals surface area (Å²) >= 11 is 8.61. The predicted octanol–water partition coefficient (Wildman–Crippen LogP) is 4.88. The van der Waals surface area contributed by atoms with Gasteiger partial charge in [-0.05, 0) is 83.2 Å². The lowest BCUT2D eigenvalue weighted by molar-refractivity contribution is -0.129. The van der Waals surface area contributed by atoms with E-state index in [0.29, 0.717) is 0 Å². The quantitative estimate of drug-likeness (QED) is 0.506. The number of aromatic nitrogens is 1. The highest BCUT2D eigenvalue weighted by Gasteiger charge is 2.25. The second-order valence-electron chi connectivity index (χ2n) is 6.95. The maximum atomic E-state index is 11.7. The van der Waals surface area contributed by atoms with Crippen LogP contribution in [0, 0.1) is 3.57 Å². The van der Waals surface area contributed by atoms with Crippen LogP contribution >= 0.6 is 34.2 Å². The molecule has 0 unspecified atom stereocenters. The van der Waals surface area contributed by atoms with Crippen molar-refractivity contribution >= 4 is 45.7 Å². The summed E-state index contributed by atoms with van der Waals surface area (Å²) in [5, 5.41) is 0.785. The van der Waals surface area contributed by atoms with E-state index in [1.165, 1.54) is 31.4 Å². The molecular formula is C21H20ClIN2O. The minimum atomic E-state index is 0.162. The molecule has 1 fully saturated rings. The van der Waals surface area contributed by atoms with E-state index in [1.807, 2.05) is 17.2 Å². The van der Waals surface area contributed by atoms with E-state index in [2.05, 4.69) is 40.8 Å². The van der Waals surface area contributed by atoms with Crippen LogP contribution in [0.15, 0.2) is 36.0 Å². The molecule has 0 spiro atoms. The highest BCUT2D eigenvalue weighted by molar-refractivity contribution is 14.1. The first-order chi connectivity index (χ1) is 12.5. The van der Waals surface area contributed by atoms with Gasteiger partial charge in [0.2, 0.25) is 5.91 Å². The van der Waals surface area contributed by atoms with E-state index < -0.39 is 0 Å². The predicted molar refractivity (Wildman–Crippen MR) is 113 cm³/mol. The molecule has 26 heavy (non-hydrogen) atoms. The second kappa shape index (κ2) is 7.31. The summed E-state index contributed by atoms with van der Waals surface area (Å²) in [5.41, 5.74) is 7.64. The van der Waals surface area contributed by atoms with Crippen LogP contribution in [0.3, 0.4) is 0 Å². The minimum Gasteiger partial charge on any atom is -0.342 e. The van der Waals surface area contributed by atoms with Gasteiger partial charge in [-0.1, -0.05) is 23.2 Å². The molecular weight excluding hydrogens is 459 g/mol. The second-order valence-corrected chi connectivity index (χ2v) is 8.63. The molecule has 1 saturated heterocycles. The third-order valence-corrected chi connectivity index (χ3v) is 6.16. The van der Waals surface area contributed by atoms with E-state index in [0.717, 1.165) is 49.5 Å². The van der Waals surface area contributed by atoms with Gasteiger partial charge in [-0.3, -0.25) is 9.78 Å². The Morgan fingerprint density at radius 2 is 1.85 bits per heavy atom. The van der Waals surface area contributed by atoms with Gasteiger partial charge in [-0.2, -0.15) is 0 Å². The Morgan fingerprint density at radius 3 is 2.58 bits per heavy atom. The van der Waals surface area contributed by atoms with Gasteiger partial charge in [0.1, 0.15) is 0 Å². The number of piperidine rings is 1. The van der Waals surface area contributed by atoms with Gasteiger partial charge >= 0.3 is 0 Å². The minimum absolute atomic E-state index is 0.162. The molecule has 0 radical (unpaired) electrons. The fourth-order valence-electron chi connectivity index (χ4n) is 4.01. The smallest absolute Gasteiger partial charge is 0.219 e. The molecule has 2 aromatic rings. The van der Waals surface area contributed by atoms with Crippen molar-refractivity contribution in [2.75, 3.05) is 13.1 Å². The topological polar surface area (TPSA) is 33.2 Å². The number of likely N-dealkylation sites (tertiary alicyclic amines) is 1. The van der Waals surface area contributed by atoms with Crippen molar-refractivity contribution in [1.82, 2.24) is 9.88 Å². The number of benzene rings is 1. The Kier molecular flexibility index (Phi) is 5.06. The van der Waals surface area contributed by atoms with Gasteiger partial charge in [0.15, 0.2) is 0 Å². The summed E-state index contributed by atoms with van der Waals surface area (Å²) in [6, 6.07) is 8.47. The van der Waals surface area contributed by atoms with Crippen molar-refractivity contribution in [1.29, 1.82) is 0 Å². The van der Waals surface area contributed by atoms with Gasteiger partial charge in [0, 0.05) is 40.4 Å². The molecule has 4 rings (SSSR count). The molecule has 1 aromatic heterocycles. The molecule has 1 amide bonds. The maximum Gasteiger partial charge on any atom is 0.219 e. The van der Waals surface area contributed by atoms with E-state index in [9.17, 15) is 4.79 Å². The summed E-state index contributed by atoms with van der Waals surface area (Å²) < 4.78 is 1.17. The molecule has 0 bridgehead atoms. The third-order valence-electron chi connectivity index (χ3n) is 5.34. The molecule has 0 atom stereocenters. The highest BCUT2D eigenvalue weighted by atomic mass is 127. The van der Waals surface area contributed by atoms with Crippen LogP contribution in [-0.4, -0.2) is 28.9 Å². The average molecular weight is 479 g/mol. The van der Waals surface area contributed by atoms with Crippen LogP contribution in [0.25, 0.3) is 5.57 Å². The molecule has 3 nitrogen and oxygen atoms in total. The van der Waals surface area contributed by atoms with Gasteiger partial charge < -0.3 is 4.90 Å². The van der Waals surface area contributed by atoms with E-state index in [-0.39, 0.29) is 5.91 Å². The molecule has 2 heterocycles. The van der Waals surface area contributed by atoms with Crippen LogP contribution in [0.2, 0.25) is 5.02 Å². The summed E-state index contributed by atoms with van der Waals surface area (Å²) in [4.78, 5) is 18.5. The Labute approximate surface area is 172 Å². The molecule has 0 saturated carbocycles. The monoisotopic (exact) mass is 478 g/mol. The fourth-order valence-corrected chi connectivity index (χ4v) is 4.72. The zero-order valence-corrected chi connectivity index (χ0v) is 17.6. The number of fused-ring (bicyclic) bond motifs is 2. The van der Waals surface area contributed by atoms with Gasteiger partial charge in [-0.15, -0.1) is 0 Å². The summed E-state index contributed by atoms with van der Waals surface area (Å²) in [7, 11) is 0. The molecule has 1 aliphatic carbocycles. The highest BCUT2D eigenvalue weighted by Crippen LogP contribution is 2.38. The number of carbonyl (C=O) groups is 1. The lowest BCUT2D eigenvalue weighted by Crippen LogP contribution is -2.34. The van der Waals surface area contributed by atoms with Gasteiger partial charge in [-0.25, -0.2) is 0 Å². The lowest BCUT2D eigenvalue weighted by Gasteiger charge is -2.29. The Hall–Kier alpha value is -1.40. The number of hydrogen-bond donors (Lipinski definition) is 0. The Balaban J connectivity index is 1.87. The third kappa shape index (κ3) is 3.41. The van der Waals surface area contributed by atoms with Crippen molar-refractivity contribution < 1.29 is 4.79 Å². The molecule has 1 aliphatic heterocycles. The fraction of sp³-hybridized carbons (Fsp3) is 0.333. The van der Waals surface area contributed by atoms with Crippen molar-refractivity contribution in [3.05, 3.63) is 67.0 Å². The Bertz CT molecular complexity index is 857. The van der Waals surface area contributed by atoms with Gasteiger partial charge in [0.05, 0.1) is 5.69 Å². The number of pyridine rings is 1. The Morgan fingerprint density at radius 1 is 1.12 bits per heavy atom. The van der Waals surface area contributed by atoms with E-state index in [1.54, 1.807) is 6.92 Å². The standard InChI is InChI=1S/C21H20ClIN2O/c1-13(26)25-8-6-14(7-9-25)20-19-5-4-17(22)10-15(19)2-3-16-11-18(23)12-24-21(16)20/h4-5,10-12H,2-3,6-9H2,1H3. The molecule has 1 aromatic carbocycles. The maximum absolute atomic E-state index is 11.7. The van der Waals surface area contributed by atoms with Crippen molar-refractivity contribution in [2.24, 2.45) is 0 Å². The van der Waals surface area contributed by atoms with Crippen molar-refractivity contribution in [3.8, 4) is 0 Å². The number of hydrogen-bond acceptors (Lipinski definition) is 2. The summed E-state index contributed by atoms with van der Waals surface area (Å²) in [5.74, 6) is 0.162. The van der Waals surface area contributed by atoms with Gasteiger partial charge in [0.25, 0.3) is 0 Å². The average Bonchev–Trinajstić information content (AvgIpc) is 2.78. The first-order valence-electron chi connectivity index (χ1n) is 8.94. The van der Waals surface area contributed by atoms with Crippen LogP contribution in [0.4, 0.5) is 0 Å². The zero-order valence-electron chi connectivity index (χ0n) is 14.7. The SMILES string of the molecule is CC(=O)N1CCC(=C2c3ccc(Cl)cc3CCc3cc(I)cnc32)CC1. The number of rotatable bonds is 0. The van der Waals surface area contributed by atoms with Crippen LogP contribution in [-0.2, 0) is 17.6 Å². The van der Waals surface area contributed by atoms with E-state index in [4.69, 9.17) is 16.6 Å². The molecule has 134 valence electrons. The van der Waals surface area contributed by atoms with Crippen LogP contribution in [0.1, 0.15) is 42.1 Å². The molecule has 0 N–H and O–H groups in total. The largest absolute Gasteiger partial charge is 0.342 e. The first-order valence-corrected chi connectivity index (χ1v) is 10.4. The van der Waals surface area contributed by atoms with E-state index >= 15 is 0 Å². The summed E-state index contributed by atoms with van der Waals surface area (Å²) in [6.07, 6.45) is 5.71. The normalized spacial score (nSPS) is 16.8. The van der Waals surface area contributed by atoms with Crippen molar-refractivity contribution in [2.45, 2.75) is 32.6 Å². The first kappa shape index (κ1) is 18.0. The number of amides is 1. The summed E-state index contributed by atoms with van der Waals surface area (Å²) in [6.45, 7) is 3.23. The number of halogens is 2. The number of nitrogens with zero attached hydrogens (tertiary/aromatic N) is 2.